The van der Waals surface area contributed by atoms with Crippen LogP contribution in [0.1, 0.15) is 47.1 Å². The highest BCUT2D eigenvalue weighted by Gasteiger charge is 2.23. The van der Waals surface area contributed by atoms with Crippen LogP contribution in [0.5, 0.6) is 0 Å². The topological polar surface area (TPSA) is 143 Å². The Morgan fingerprint density at radius 2 is 1.84 bits per heavy atom. The van der Waals surface area contributed by atoms with Crippen LogP contribution in [0, 0.1) is 6.92 Å². The van der Waals surface area contributed by atoms with Crippen LogP contribution < -0.4 is 16.4 Å². The highest BCUT2D eigenvalue weighted by atomic mass is 16.5. The molecule has 0 spiro atoms. The molecular weight excluding hydrogens is 484 g/mol. The second kappa shape index (κ2) is 11.9. The maximum atomic E-state index is 12.5. The number of aromatic nitrogens is 4. The van der Waals surface area contributed by atoms with Gasteiger partial charge in [0.15, 0.2) is 17.3 Å². The van der Waals surface area contributed by atoms with Crippen LogP contribution in [0.15, 0.2) is 24.3 Å². The molecule has 2 aromatic heterocycles. The zero-order valence-corrected chi connectivity index (χ0v) is 22.0. The number of nitrogens with zero attached hydrogens (tertiary/aromatic N) is 4. The lowest BCUT2D eigenvalue weighted by atomic mass is 10.0. The summed E-state index contributed by atoms with van der Waals surface area (Å²) in [5, 5.41) is 14.1. The van der Waals surface area contributed by atoms with Crippen molar-refractivity contribution in [1.29, 1.82) is 0 Å². The fourth-order valence-corrected chi connectivity index (χ4v) is 4.87. The molecule has 202 valence electrons. The van der Waals surface area contributed by atoms with E-state index in [2.05, 4.69) is 49.8 Å². The third-order valence-corrected chi connectivity index (χ3v) is 6.99. The largest absolute Gasteiger partial charge is 0.381 e. The van der Waals surface area contributed by atoms with Gasteiger partial charge < -0.3 is 25.8 Å². The molecule has 0 unspecified atom stereocenters. The van der Waals surface area contributed by atoms with E-state index in [-0.39, 0.29) is 11.7 Å². The van der Waals surface area contributed by atoms with Crippen LogP contribution in [0.2, 0.25) is 0 Å². The van der Waals surface area contributed by atoms with Crippen LogP contribution >= 0.6 is 0 Å². The van der Waals surface area contributed by atoms with Gasteiger partial charge in [-0.25, -0.2) is 9.97 Å². The summed E-state index contributed by atoms with van der Waals surface area (Å²) >= 11 is 0. The Bertz CT molecular complexity index is 1270. The average molecular weight is 521 g/mol. The van der Waals surface area contributed by atoms with Gasteiger partial charge in [-0.3, -0.25) is 14.8 Å². The highest BCUT2D eigenvalue weighted by molar-refractivity contribution is 5.97. The minimum absolute atomic E-state index is 0.0635. The number of amides is 1. The monoisotopic (exact) mass is 520 g/mol. The van der Waals surface area contributed by atoms with Gasteiger partial charge in [-0.2, -0.15) is 5.10 Å². The van der Waals surface area contributed by atoms with E-state index < -0.39 is 5.91 Å². The van der Waals surface area contributed by atoms with E-state index in [1.165, 1.54) is 11.1 Å². The van der Waals surface area contributed by atoms with E-state index >= 15 is 0 Å². The average Bonchev–Trinajstić information content (AvgIpc) is 3.36. The molecule has 38 heavy (non-hydrogen) atoms. The van der Waals surface area contributed by atoms with Crippen LogP contribution in [0.4, 0.5) is 17.3 Å². The zero-order chi connectivity index (χ0) is 26.5. The molecule has 1 aromatic carbocycles. The number of hydrogen-bond donors (Lipinski definition) is 4. The Hall–Kier alpha value is -3.54. The number of benzene rings is 1. The molecule has 11 nitrogen and oxygen atoms in total. The molecule has 5 rings (SSSR count). The number of aromatic amines is 1. The van der Waals surface area contributed by atoms with Crippen LogP contribution in [0.3, 0.4) is 0 Å². The fourth-order valence-electron chi connectivity index (χ4n) is 4.87. The van der Waals surface area contributed by atoms with Crippen molar-refractivity contribution < 1.29 is 14.3 Å². The molecular formula is C27H36N8O3. The van der Waals surface area contributed by atoms with Gasteiger partial charge in [0.1, 0.15) is 11.4 Å². The molecule has 1 amide bonds. The van der Waals surface area contributed by atoms with Gasteiger partial charge in [-0.1, -0.05) is 13.0 Å². The van der Waals surface area contributed by atoms with Gasteiger partial charge in [0.25, 0.3) is 5.91 Å². The quantitative estimate of drug-likeness (QED) is 0.335. The Morgan fingerprint density at radius 1 is 1.08 bits per heavy atom. The van der Waals surface area contributed by atoms with Crippen molar-refractivity contribution in [3.8, 4) is 11.4 Å². The molecule has 2 aliphatic rings. The summed E-state index contributed by atoms with van der Waals surface area (Å²) in [6.07, 6.45) is 2.59. The molecule has 0 saturated carbocycles. The number of H-pyrrole nitrogens is 1. The number of carbonyl (C=O) groups excluding carboxylic acids is 1. The number of aryl methyl sites for hydroxylation is 2. The van der Waals surface area contributed by atoms with Crippen molar-refractivity contribution in [2.24, 2.45) is 5.73 Å². The summed E-state index contributed by atoms with van der Waals surface area (Å²) < 4.78 is 11.0. The summed E-state index contributed by atoms with van der Waals surface area (Å²) in [6.45, 7) is 9.72. The van der Waals surface area contributed by atoms with E-state index in [1.54, 1.807) is 0 Å². The SMILES string of the molecule is CCc1cc(Nc2nc(NC3CCOCC3)c(-c3cc(C)[nH]n3)nc2C(N)=O)ccc1CN1CCOCC1. The van der Waals surface area contributed by atoms with Crippen molar-refractivity contribution in [2.45, 2.75) is 45.7 Å². The van der Waals surface area contributed by atoms with E-state index in [0.29, 0.717) is 36.2 Å². The number of primary amides is 1. The summed E-state index contributed by atoms with van der Waals surface area (Å²) in [7, 11) is 0. The lowest BCUT2D eigenvalue weighted by Crippen LogP contribution is -2.35. The van der Waals surface area contributed by atoms with Crippen molar-refractivity contribution >= 4 is 23.2 Å². The van der Waals surface area contributed by atoms with Gasteiger partial charge in [-0.15, -0.1) is 0 Å². The maximum absolute atomic E-state index is 12.5. The Balaban J connectivity index is 1.47. The third kappa shape index (κ3) is 6.12. The molecule has 0 radical (unpaired) electrons. The first kappa shape index (κ1) is 26.1. The molecule has 0 atom stereocenters. The van der Waals surface area contributed by atoms with Gasteiger partial charge in [0.2, 0.25) is 0 Å². The van der Waals surface area contributed by atoms with Crippen molar-refractivity contribution in [3.63, 3.8) is 0 Å². The Morgan fingerprint density at radius 3 is 2.53 bits per heavy atom. The summed E-state index contributed by atoms with van der Waals surface area (Å²) in [5.74, 6) is 0.201. The number of carbonyl (C=O) groups is 1. The molecule has 0 aliphatic carbocycles. The lowest BCUT2D eigenvalue weighted by molar-refractivity contribution is 0.0341. The van der Waals surface area contributed by atoms with E-state index in [0.717, 1.165) is 63.5 Å². The molecule has 3 aromatic rings. The van der Waals surface area contributed by atoms with E-state index in [9.17, 15) is 4.79 Å². The number of anilines is 3. The number of rotatable bonds is 9. The minimum Gasteiger partial charge on any atom is -0.381 e. The highest BCUT2D eigenvalue weighted by Crippen LogP contribution is 2.30. The standard InChI is InChI=1S/C27H36N8O3/c1-3-18-15-21(5-4-19(18)16-35-8-12-38-13-9-35)30-27-24(25(28)36)31-23(22-14-17(2)33-34-22)26(32-27)29-20-6-10-37-11-7-20/h4-5,14-15,20H,3,6-13,16H2,1-2H3,(H2,28,36)(H,33,34)(H2,29,30,32). The first-order valence-electron chi connectivity index (χ1n) is 13.3. The fraction of sp³-hybridized carbons (Fsp3) is 0.481. The summed E-state index contributed by atoms with van der Waals surface area (Å²) in [4.78, 5) is 24.4. The van der Waals surface area contributed by atoms with Crippen molar-refractivity contribution in [2.75, 3.05) is 50.2 Å². The number of nitrogens with one attached hydrogen (secondary N) is 3. The number of morpholine rings is 1. The second-order valence-corrected chi connectivity index (χ2v) is 9.80. The first-order chi connectivity index (χ1) is 18.5. The van der Waals surface area contributed by atoms with Crippen molar-refractivity contribution in [1.82, 2.24) is 25.1 Å². The van der Waals surface area contributed by atoms with Crippen LogP contribution in [0.25, 0.3) is 11.4 Å². The first-order valence-corrected chi connectivity index (χ1v) is 13.3. The van der Waals surface area contributed by atoms with Crippen LogP contribution in [-0.2, 0) is 22.4 Å². The Kier molecular flexibility index (Phi) is 8.16. The molecule has 5 N–H and O–H groups in total. The van der Waals surface area contributed by atoms with Gasteiger partial charge >= 0.3 is 0 Å². The molecule has 2 aliphatic heterocycles. The minimum atomic E-state index is -0.661. The number of nitrogens with two attached hydrogens (primary N) is 1. The van der Waals surface area contributed by atoms with Gasteiger partial charge in [-0.05, 0) is 55.5 Å². The second-order valence-electron chi connectivity index (χ2n) is 9.80. The van der Waals surface area contributed by atoms with E-state index in [4.69, 9.17) is 20.2 Å². The molecule has 0 bridgehead atoms. The zero-order valence-electron chi connectivity index (χ0n) is 22.0. The molecule has 4 heterocycles. The molecule has 2 saturated heterocycles. The number of ether oxygens (including phenoxy) is 2. The Labute approximate surface area is 222 Å². The smallest absolute Gasteiger partial charge is 0.271 e. The lowest BCUT2D eigenvalue weighted by Gasteiger charge is -2.27. The van der Waals surface area contributed by atoms with Gasteiger partial charge in [0, 0.05) is 50.3 Å². The summed E-state index contributed by atoms with van der Waals surface area (Å²) in [5.41, 5.74) is 11.1. The summed E-state index contributed by atoms with van der Waals surface area (Å²) in [6, 6.07) is 8.31. The number of hydrogen-bond acceptors (Lipinski definition) is 9. The van der Waals surface area contributed by atoms with Crippen molar-refractivity contribution in [3.05, 3.63) is 46.8 Å². The van der Waals surface area contributed by atoms with E-state index in [1.807, 2.05) is 19.1 Å². The van der Waals surface area contributed by atoms with Gasteiger partial charge in [0.05, 0.1) is 13.2 Å². The predicted octanol–water partition coefficient (Wildman–Crippen LogP) is 3.00. The third-order valence-electron chi connectivity index (χ3n) is 6.99. The molecule has 2 fully saturated rings. The molecule has 11 heteroatoms. The van der Waals surface area contributed by atoms with Crippen LogP contribution in [-0.4, -0.2) is 76.5 Å². The normalized spacial score (nSPS) is 16.9. The maximum Gasteiger partial charge on any atom is 0.271 e. The predicted molar refractivity (Wildman–Crippen MR) is 146 cm³/mol.